The van der Waals surface area contributed by atoms with E-state index in [9.17, 15) is 0 Å². The molecule has 7 heteroatoms. The maximum atomic E-state index is 4.65. The molecule has 0 fully saturated rings. The molecule has 0 saturated heterocycles. The third-order valence-electron chi connectivity index (χ3n) is 4.24. The molecule has 0 unspecified atom stereocenters. The highest BCUT2D eigenvalue weighted by Crippen LogP contribution is 2.13. The van der Waals surface area contributed by atoms with E-state index in [-0.39, 0.29) is 0 Å². The van der Waals surface area contributed by atoms with Crippen molar-refractivity contribution in [1.82, 2.24) is 34.2 Å². The summed E-state index contributed by atoms with van der Waals surface area (Å²) in [5.74, 6) is 1.61. The zero-order valence-corrected chi connectivity index (χ0v) is 14.3. The number of nitrogens with zero attached hydrogens (tertiary/aromatic N) is 7. The number of pyridine rings is 1. The second-order valence-electron chi connectivity index (χ2n) is 6.17. The molecule has 0 aliphatic heterocycles. The van der Waals surface area contributed by atoms with Crippen LogP contribution in [0.2, 0.25) is 0 Å². The summed E-state index contributed by atoms with van der Waals surface area (Å²) in [4.78, 5) is 13.6. The molecule has 4 rings (SSSR count). The molecular weight excluding hydrogens is 302 g/mol. The normalized spacial score (nSPS) is 11.7. The largest absolute Gasteiger partial charge is 0.256 e. The summed E-state index contributed by atoms with van der Waals surface area (Å²) < 4.78 is 3.75. The third-order valence-corrected chi connectivity index (χ3v) is 4.24. The minimum atomic E-state index is 0.704. The molecule has 7 nitrogen and oxygen atoms in total. The number of aryl methyl sites for hydroxylation is 6. The number of hydrogen-bond acceptors (Lipinski definition) is 5. The molecule has 0 aliphatic carbocycles. The van der Waals surface area contributed by atoms with Crippen LogP contribution in [0, 0.1) is 27.7 Å². The first kappa shape index (κ1) is 14.7. The second kappa shape index (κ2) is 5.36. The fourth-order valence-electron chi connectivity index (χ4n) is 2.82. The van der Waals surface area contributed by atoms with Gasteiger partial charge in [0.15, 0.2) is 22.9 Å². The van der Waals surface area contributed by atoms with Gasteiger partial charge in [0.2, 0.25) is 0 Å². The van der Waals surface area contributed by atoms with Crippen molar-refractivity contribution >= 4 is 11.3 Å². The summed E-state index contributed by atoms with van der Waals surface area (Å²) in [5.41, 5.74) is 5.81. The minimum absolute atomic E-state index is 0.704. The lowest BCUT2D eigenvalue weighted by Gasteiger charge is -1.98. The molecule has 24 heavy (non-hydrogen) atoms. The van der Waals surface area contributed by atoms with Gasteiger partial charge in [-0.2, -0.15) is 10.2 Å². The van der Waals surface area contributed by atoms with Gasteiger partial charge < -0.3 is 0 Å². The third kappa shape index (κ3) is 2.33. The standard InChI is InChI=1S/C17H19N7/c1-10-5-6-11(2)23-16(10)19-14(21-23)7-8-15-20-17-13(4)18-9-12(3)24(17)22-15/h5-6,9H,7-8H2,1-4H3. The predicted molar refractivity (Wildman–Crippen MR) is 90.1 cm³/mol. The summed E-state index contributed by atoms with van der Waals surface area (Å²) in [5, 5.41) is 9.19. The van der Waals surface area contributed by atoms with E-state index in [1.807, 2.05) is 36.0 Å². The van der Waals surface area contributed by atoms with E-state index in [1.165, 1.54) is 0 Å². The molecule has 0 bridgehead atoms. The van der Waals surface area contributed by atoms with E-state index in [4.69, 9.17) is 0 Å². The molecule has 122 valence electrons. The van der Waals surface area contributed by atoms with Crippen molar-refractivity contribution in [3.63, 3.8) is 0 Å². The molecule has 0 N–H and O–H groups in total. The highest BCUT2D eigenvalue weighted by atomic mass is 15.3. The van der Waals surface area contributed by atoms with Crippen LogP contribution in [0.15, 0.2) is 18.3 Å². The van der Waals surface area contributed by atoms with Gasteiger partial charge in [0.25, 0.3) is 0 Å². The molecule has 4 heterocycles. The van der Waals surface area contributed by atoms with Gasteiger partial charge in [-0.25, -0.2) is 19.0 Å². The van der Waals surface area contributed by atoms with Crippen LogP contribution in [0.4, 0.5) is 0 Å². The van der Waals surface area contributed by atoms with Crippen molar-refractivity contribution < 1.29 is 0 Å². The van der Waals surface area contributed by atoms with Gasteiger partial charge in [-0.15, -0.1) is 0 Å². The van der Waals surface area contributed by atoms with Crippen LogP contribution in [0.1, 0.15) is 34.3 Å². The first-order valence-electron chi connectivity index (χ1n) is 8.02. The van der Waals surface area contributed by atoms with Crippen LogP contribution in [0.3, 0.4) is 0 Å². The summed E-state index contributed by atoms with van der Waals surface area (Å²) in [6.07, 6.45) is 3.23. The fourth-order valence-corrected chi connectivity index (χ4v) is 2.82. The Bertz CT molecular complexity index is 894. The average molecular weight is 321 g/mol. The maximum Gasteiger partial charge on any atom is 0.177 e. The number of rotatable bonds is 3. The summed E-state index contributed by atoms with van der Waals surface area (Å²) in [7, 11) is 0. The first-order chi connectivity index (χ1) is 11.5. The van der Waals surface area contributed by atoms with Gasteiger partial charge in [0, 0.05) is 24.7 Å². The minimum Gasteiger partial charge on any atom is -0.256 e. The SMILES string of the molecule is Cc1ccc(C)n2nc(CCc3nc4c(C)ncc(C)n4n3)nc12. The van der Waals surface area contributed by atoms with Crippen molar-refractivity contribution in [2.24, 2.45) is 0 Å². The van der Waals surface area contributed by atoms with E-state index < -0.39 is 0 Å². The maximum absolute atomic E-state index is 4.65. The molecule has 0 spiro atoms. The van der Waals surface area contributed by atoms with Crippen molar-refractivity contribution in [3.8, 4) is 0 Å². The Hall–Kier alpha value is -2.83. The Morgan fingerprint density at radius 1 is 0.792 bits per heavy atom. The highest BCUT2D eigenvalue weighted by molar-refractivity contribution is 5.47. The second-order valence-corrected chi connectivity index (χ2v) is 6.17. The molecular formula is C17H19N7. The van der Waals surface area contributed by atoms with Gasteiger partial charge >= 0.3 is 0 Å². The molecule has 0 aromatic carbocycles. The van der Waals surface area contributed by atoms with Crippen LogP contribution in [0.25, 0.3) is 11.3 Å². The van der Waals surface area contributed by atoms with Crippen molar-refractivity contribution in [1.29, 1.82) is 0 Å². The molecule has 0 atom stereocenters. The van der Waals surface area contributed by atoms with Gasteiger partial charge in [0.1, 0.15) is 0 Å². The molecule has 0 aliphatic rings. The van der Waals surface area contributed by atoms with Crippen LogP contribution in [-0.4, -0.2) is 34.2 Å². The zero-order valence-electron chi connectivity index (χ0n) is 14.3. The van der Waals surface area contributed by atoms with Crippen molar-refractivity contribution in [3.05, 3.63) is 52.6 Å². The van der Waals surface area contributed by atoms with Crippen molar-refractivity contribution in [2.75, 3.05) is 0 Å². The van der Waals surface area contributed by atoms with E-state index in [2.05, 4.69) is 44.2 Å². The Morgan fingerprint density at radius 3 is 2.04 bits per heavy atom. The average Bonchev–Trinajstić information content (AvgIpc) is 3.18. The van der Waals surface area contributed by atoms with E-state index in [0.717, 1.165) is 45.6 Å². The van der Waals surface area contributed by atoms with Gasteiger partial charge in [-0.05, 0) is 39.3 Å². The van der Waals surface area contributed by atoms with Gasteiger partial charge in [0.05, 0.1) is 11.4 Å². The Kier molecular flexibility index (Phi) is 3.30. The zero-order chi connectivity index (χ0) is 16.8. The summed E-state index contributed by atoms with van der Waals surface area (Å²) in [6, 6.07) is 4.13. The Morgan fingerprint density at radius 2 is 1.42 bits per heavy atom. The van der Waals surface area contributed by atoms with Crippen LogP contribution >= 0.6 is 0 Å². The number of fused-ring (bicyclic) bond motifs is 2. The Labute approximate surface area is 139 Å². The lowest BCUT2D eigenvalue weighted by Crippen LogP contribution is -1.99. The molecule has 4 aromatic rings. The van der Waals surface area contributed by atoms with Gasteiger partial charge in [-0.1, -0.05) is 6.07 Å². The predicted octanol–water partition coefficient (Wildman–Crippen LogP) is 2.19. The quantitative estimate of drug-likeness (QED) is 0.578. The number of hydrogen-bond donors (Lipinski definition) is 0. The van der Waals surface area contributed by atoms with E-state index in [1.54, 1.807) is 0 Å². The Balaban J connectivity index is 1.63. The van der Waals surface area contributed by atoms with Gasteiger partial charge in [-0.3, -0.25) is 4.98 Å². The molecule has 0 radical (unpaired) electrons. The number of aromatic nitrogens is 7. The van der Waals surface area contributed by atoms with Crippen LogP contribution < -0.4 is 0 Å². The summed E-state index contributed by atoms with van der Waals surface area (Å²) in [6.45, 7) is 8.01. The lowest BCUT2D eigenvalue weighted by atomic mass is 10.2. The van der Waals surface area contributed by atoms with E-state index in [0.29, 0.717) is 12.8 Å². The monoisotopic (exact) mass is 321 g/mol. The topological polar surface area (TPSA) is 73.3 Å². The van der Waals surface area contributed by atoms with E-state index >= 15 is 0 Å². The summed E-state index contributed by atoms with van der Waals surface area (Å²) >= 11 is 0. The van der Waals surface area contributed by atoms with Crippen LogP contribution in [-0.2, 0) is 12.8 Å². The van der Waals surface area contributed by atoms with Crippen molar-refractivity contribution in [2.45, 2.75) is 40.5 Å². The smallest absolute Gasteiger partial charge is 0.177 e. The molecule has 0 saturated carbocycles. The molecule has 0 amide bonds. The first-order valence-corrected chi connectivity index (χ1v) is 8.02. The molecule has 4 aromatic heterocycles. The lowest BCUT2D eigenvalue weighted by molar-refractivity contribution is 0.777. The fraction of sp³-hybridized carbons (Fsp3) is 0.353. The highest BCUT2D eigenvalue weighted by Gasteiger charge is 2.12. The van der Waals surface area contributed by atoms with Crippen LogP contribution in [0.5, 0.6) is 0 Å².